The van der Waals surface area contributed by atoms with Crippen LogP contribution in [0.4, 0.5) is 14.9 Å². The lowest BCUT2D eigenvalue weighted by atomic mass is 9.89. The van der Waals surface area contributed by atoms with Gasteiger partial charge in [-0.3, -0.25) is 9.48 Å². The Bertz CT molecular complexity index is 1530. The molecule has 2 N–H and O–H groups in total. The zero-order valence-electron chi connectivity index (χ0n) is 29.8. The van der Waals surface area contributed by atoms with Crippen LogP contribution < -0.4 is 15.4 Å². The minimum atomic E-state index is -2.32. The first-order valence-electron chi connectivity index (χ1n) is 17.6. The summed E-state index contributed by atoms with van der Waals surface area (Å²) in [6.07, 6.45) is 7.96. The van der Waals surface area contributed by atoms with Gasteiger partial charge >= 0.3 is 6.09 Å². The van der Waals surface area contributed by atoms with Crippen LogP contribution in [0.2, 0.25) is 16.6 Å². The van der Waals surface area contributed by atoms with E-state index in [9.17, 15) is 14.0 Å². The van der Waals surface area contributed by atoms with Gasteiger partial charge in [0.1, 0.15) is 24.5 Å². The number of alkyl carbamates (subject to hydrolysis) is 1. The van der Waals surface area contributed by atoms with Gasteiger partial charge in [0, 0.05) is 11.8 Å². The minimum absolute atomic E-state index is 0.0317. The predicted molar refractivity (Wildman–Crippen MR) is 189 cm³/mol. The first-order valence-corrected chi connectivity index (χ1v) is 19.7. The Kier molecular flexibility index (Phi) is 11.8. The highest BCUT2D eigenvalue weighted by Crippen LogP contribution is 2.51. The van der Waals surface area contributed by atoms with Gasteiger partial charge in [-0.15, -0.1) is 0 Å². The van der Waals surface area contributed by atoms with Crippen molar-refractivity contribution in [1.29, 1.82) is 0 Å². The van der Waals surface area contributed by atoms with E-state index in [1.54, 1.807) is 17.1 Å². The number of anilines is 1. The van der Waals surface area contributed by atoms with Gasteiger partial charge in [0.15, 0.2) is 8.32 Å². The third-order valence-electron chi connectivity index (χ3n) is 10.3. The average molecular weight is 694 g/mol. The summed E-state index contributed by atoms with van der Waals surface area (Å²) in [5, 5.41) is 10.6. The van der Waals surface area contributed by atoms with Crippen molar-refractivity contribution < 1.29 is 27.9 Å². The van der Waals surface area contributed by atoms with E-state index in [4.69, 9.17) is 13.9 Å². The van der Waals surface area contributed by atoms with E-state index in [0.29, 0.717) is 39.7 Å². The highest BCUT2D eigenvalue weighted by Gasteiger charge is 2.49. The topological polar surface area (TPSA) is 117 Å². The molecule has 1 aromatic carbocycles. The van der Waals surface area contributed by atoms with Gasteiger partial charge in [-0.05, 0) is 71.7 Å². The second-order valence-corrected chi connectivity index (χ2v) is 20.0. The smallest absolute Gasteiger partial charge is 0.408 e. The van der Waals surface area contributed by atoms with Gasteiger partial charge in [-0.1, -0.05) is 71.9 Å². The summed E-state index contributed by atoms with van der Waals surface area (Å²) in [5.74, 6) is 0.273. The fourth-order valence-electron chi connectivity index (χ4n) is 7.80. The van der Waals surface area contributed by atoms with Gasteiger partial charge in [-0.25, -0.2) is 14.2 Å². The van der Waals surface area contributed by atoms with Crippen LogP contribution in [-0.2, 0) is 20.6 Å². The third kappa shape index (κ3) is 8.70. The molecule has 10 nitrogen and oxygen atoms in total. The normalized spacial score (nSPS) is 16.2. The molecular weight excluding hydrogens is 642 g/mol. The second-order valence-electron chi connectivity index (χ2n) is 14.5. The number of carbonyl (C=O) groups excluding carboxylic acids is 2. The summed E-state index contributed by atoms with van der Waals surface area (Å²) in [7, 11) is -0.816. The number of hydrogen-bond acceptors (Lipinski definition) is 7. The Labute approximate surface area is 290 Å². The Balaban J connectivity index is 1.39. The lowest BCUT2D eigenvalue weighted by Crippen LogP contribution is -2.50. The molecule has 0 spiro atoms. The molecule has 2 amide bonds. The number of ether oxygens (including phenoxy) is 2. The van der Waals surface area contributed by atoms with Crippen molar-refractivity contribution in [3.05, 3.63) is 71.9 Å². The van der Waals surface area contributed by atoms with E-state index in [1.165, 1.54) is 13.2 Å². The van der Waals surface area contributed by atoms with Crippen LogP contribution in [0.15, 0.2) is 55.0 Å². The van der Waals surface area contributed by atoms with Crippen molar-refractivity contribution in [2.24, 2.45) is 17.8 Å². The fraction of sp³-hybridized carbons (Fsp3) is 0.568. The molecule has 49 heavy (non-hydrogen) atoms. The predicted octanol–water partition coefficient (Wildman–Crippen LogP) is 7.88. The highest BCUT2D eigenvalue weighted by atomic mass is 28.4. The number of aromatic nitrogens is 3. The van der Waals surface area contributed by atoms with E-state index >= 15 is 0 Å². The van der Waals surface area contributed by atoms with Gasteiger partial charge in [0.2, 0.25) is 11.8 Å². The maximum Gasteiger partial charge on any atom is 0.408 e. The zero-order chi connectivity index (χ0) is 35.3. The monoisotopic (exact) mass is 693 g/mol. The van der Waals surface area contributed by atoms with Crippen LogP contribution in [0.3, 0.4) is 0 Å². The Morgan fingerprint density at radius 3 is 2.18 bits per heavy atom. The third-order valence-corrected chi connectivity index (χ3v) is 16.4. The molecule has 2 aliphatic carbocycles. The SMILES string of the molecule is COc1ncc(F)cc1C(CO[Si](C(C)C)(C(C)C)C(C)C)n1cc(NC(=O)C(NC(=O)OCc2ccccc2)C(C2CC2)C2CC2)cn1. The molecule has 0 bridgehead atoms. The number of hydrogen-bond donors (Lipinski definition) is 2. The number of nitrogens with one attached hydrogen (secondary N) is 2. The molecule has 2 saturated carbocycles. The molecule has 266 valence electrons. The van der Waals surface area contributed by atoms with Gasteiger partial charge in [0.25, 0.3) is 0 Å². The summed E-state index contributed by atoms with van der Waals surface area (Å²) in [6, 6.07) is 9.51. The van der Waals surface area contributed by atoms with E-state index in [2.05, 4.69) is 62.3 Å². The molecule has 2 atom stereocenters. The maximum atomic E-state index is 14.7. The summed E-state index contributed by atoms with van der Waals surface area (Å²) in [4.78, 5) is 31.2. The largest absolute Gasteiger partial charge is 0.481 e. The number of carbonyl (C=O) groups is 2. The average Bonchev–Trinajstić information content (AvgIpc) is 4.01. The number of methoxy groups -OCH3 is 1. The Hall–Kier alpha value is -3.77. The first-order chi connectivity index (χ1) is 23.4. The lowest BCUT2D eigenvalue weighted by Gasteiger charge is -2.43. The molecule has 2 heterocycles. The summed E-state index contributed by atoms with van der Waals surface area (Å²) >= 11 is 0. The number of benzene rings is 1. The van der Waals surface area contributed by atoms with Crippen LogP contribution in [0.1, 0.15) is 84.4 Å². The molecule has 2 fully saturated rings. The number of amides is 2. The van der Waals surface area contributed by atoms with E-state index in [0.717, 1.165) is 37.4 Å². The Morgan fingerprint density at radius 2 is 1.61 bits per heavy atom. The molecule has 0 aliphatic heterocycles. The summed E-state index contributed by atoms with van der Waals surface area (Å²) in [6.45, 7) is 13.6. The number of pyridine rings is 1. The quantitative estimate of drug-likeness (QED) is 0.138. The minimum Gasteiger partial charge on any atom is -0.481 e. The standard InChI is InChI=1S/C37H52FN5O5Si/c1-23(2)49(24(3)4,25(5)6)48-22-32(31-17-29(38)18-39-36(31)46-7)43-20-30(19-40-43)41-35(44)34(33(27-13-14-27)28-15-16-28)42-37(45)47-21-26-11-9-8-10-12-26/h8-12,17-20,23-25,27-28,32-34H,13-16,21-22H2,1-7H3,(H,41,44)(H,42,45). The Morgan fingerprint density at radius 1 is 0.980 bits per heavy atom. The van der Waals surface area contributed by atoms with Crippen LogP contribution in [0.25, 0.3) is 0 Å². The summed E-state index contributed by atoms with van der Waals surface area (Å²) < 4.78 is 34.4. The van der Waals surface area contributed by atoms with Crippen LogP contribution >= 0.6 is 0 Å². The van der Waals surface area contributed by atoms with Gasteiger partial charge in [0.05, 0.1) is 31.8 Å². The van der Waals surface area contributed by atoms with Gasteiger partial charge in [-0.2, -0.15) is 5.10 Å². The van der Waals surface area contributed by atoms with Gasteiger partial charge < -0.3 is 24.5 Å². The number of halogens is 1. The van der Waals surface area contributed by atoms with E-state index < -0.39 is 32.3 Å². The first kappa shape index (κ1) is 36.5. The zero-order valence-corrected chi connectivity index (χ0v) is 30.8. The molecule has 0 saturated heterocycles. The fourth-order valence-corrected chi connectivity index (χ4v) is 13.2. The number of rotatable bonds is 17. The molecule has 2 unspecified atom stereocenters. The molecular formula is C37H52FN5O5Si. The molecule has 3 aromatic rings. The van der Waals surface area contributed by atoms with Crippen molar-refractivity contribution in [2.45, 2.75) is 103 Å². The lowest BCUT2D eigenvalue weighted by molar-refractivity contribution is -0.119. The van der Waals surface area contributed by atoms with E-state index in [-0.39, 0.29) is 30.9 Å². The van der Waals surface area contributed by atoms with E-state index in [1.807, 2.05) is 30.3 Å². The summed E-state index contributed by atoms with van der Waals surface area (Å²) in [5.41, 5.74) is 2.82. The van der Waals surface area contributed by atoms with Crippen LogP contribution in [0.5, 0.6) is 5.88 Å². The van der Waals surface area contributed by atoms with Crippen molar-refractivity contribution >= 4 is 26.0 Å². The van der Waals surface area contributed by atoms with Crippen molar-refractivity contribution in [3.8, 4) is 5.88 Å². The molecule has 2 aliphatic rings. The maximum absolute atomic E-state index is 14.7. The van der Waals surface area contributed by atoms with Crippen LogP contribution in [-0.4, -0.2) is 54.8 Å². The molecule has 5 rings (SSSR count). The van der Waals surface area contributed by atoms with Crippen molar-refractivity contribution in [1.82, 2.24) is 20.1 Å². The number of nitrogens with zero attached hydrogens (tertiary/aromatic N) is 3. The second kappa shape index (κ2) is 15.8. The molecule has 12 heteroatoms. The highest BCUT2D eigenvalue weighted by molar-refractivity contribution is 6.77. The molecule has 2 aromatic heterocycles. The van der Waals surface area contributed by atoms with Crippen molar-refractivity contribution in [3.63, 3.8) is 0 Å². The molecule has 0 radical (unpaired) electrons. The van der Waals surface area contributed by atoms with Crippen molar-refractivity contribution in [2.75, 3.05) is 19.0 Å². The van der Waals surface area contributed by atoms with Crippen LogP contribution in [0, 0.1) is 23.6 Å².